The van der Waals surface area contributed by atoms with E-state index in [1.165, 1.54) is 12.1 Å². The highest BCUT2D eigenvalue weighted by atomic mass is 32.2. The number of hydrogen-bond acceptors (Lipinski definition) is 9. The van der Waals surface area contributed by atoms with Gasteiger partial charge in [-0.1, -0.05) is 10.3 Å². The molecule has 1 fully saturated rings. The molecule has 0 aromatic carbocycles. The maximum Gasteiger partial charge on any atom is 0.452 e. The Kier molecular flexibility index (Phi) is 4.95. The smallest absolute Gasteiger partial charge is 0.452 e. The van der Waals surface area contributed by atoms with Gasteiger partial charge in [-0.2, -0.15) is 17.9 Å². The number of carboxylic acids is 1. The summed E-state index contributed by atoms with van der Waals surface area (Å²) in [5.41, 5.74) is -1.91. The van der Waals surface area contributed by atoms with Gasteiger partial charge in [-0.15, -0.1) is 11.3 Å². The summed E-state index contributed by atoms with van der Waals surface area (Å²) in [6, 6.07) is 4.32. The molecule has 0 aliphatic heterocycles. The Morgan fingerprint density at radius 3 is 2.61 bits per heavy atom. The minimum absolute atomic E-state index is 0.0837. The summed E-state index contributed by atoms with van der Waals surface area (Å²) in [5.74, 6) is -3.50. The van der Waals surface area contributed by atoms with E-state index in [2.05, 4.69) is 19.6 Å². The van der Waals surface area contributed by atoms with Crippen molar-refractivity contribution in [2.24, 2.45) is 0 Å². The van der Waals surface area contributed by atoms with Gasteiger partial charge in [-0.05, 0) is 18.6 Å². The highest BCUT2D eigenvalue weighted by molar-refractivity contribution is 7.91. The number of carboxylic acid groups (broad SMARTS) is 1. The van der Waals surface area contributed by atoms with E-state index >= 15 is 0 Å². The van der Waals surface area contributed by atoms with E-state index < -0.39 is 46.0 Å². The lowest BCUT2D eigenvalue weighted by atomic mass is 10.1. The normalized spacial score (nSPS) is 21.4. The van der Waals surface area contributed by atoms with Gasteiger partial charge in [0.2, 0.25) is 5.76 Å². The lowest BCUT2D eigenvalue weighted by molar-refractivity contribution is -0.155. The van der Waals surface area contributed by atoms with Crippen LogP contribution in [0.4, 0.5) is 13.2 Å². The lowest BCUT2D eigenvalue weighted by Crippen LogP contribution is -2.44. The van der Waals surface area contributed by atoms with Crippen molar-refractivity contribution >= 4 is 27.3 Å². The average Bonchev–Trinajstić information content (AvgIpc) is 3.19. The standard InChI is InChI=1S/C16H12F3N3O7S2/c17-16(18,19)12-4-10(21-29-12)11-1-2-13(30-11)31(26,27)22-15(14(24)25)5-8(15)9-3-7(6-23)28-20-9/h1-4,8,22-23H,5-6H2,(H,24,25)/t8-,15-/m1/s1. The first-order chi connectivity index (χ1) is 14.5. The Morgan fingerprint density at radius 1 is 1.29 bits per heavy atom. The van der Waals surface area contributed by atoms with E-state index in [9.17, 15) is 31.5 Å². The molecule has 2 atom stereocenters. The molecule has 4 rings (SSSR count). The van der Waals surface area contributed by atoms with Crippen LogP contribution in [0.1, 0.15) is 29.6 Å². The summed E-state index contributed by atoms with van der Waals surface area (Å²) < 4.78 is 74.4. The third kappa shape index (κ3) is 3.84. The number of alkyl halides is 3. The van der Waals surface area contributed by atoms with Gasteiger partial charge in [0.25, 0.3) is 10.0 Å². The molecule has 3 aromatic heterocycles. The number of aliphatic hydroxyl groups excluding tert-OH is 1. The van der Waals surface area contributed by atoms with Crippen LogP contribution in [0.15, 0.2) is 37.5 Å². The average molecular weight is 479 g/mol. The van der Waals surface area contributed by atoms with Crippen LogP contribution in [0, 0.1) is 0 Å². The minimum atomic E-state index is -4.75. The molecule has 0 unspecified atom stereocenters. The molecule has 1 aliphatic carbocycles. The summed E-state index contributed by atoms with van der Waals surface area (Å²) in [6.45, 7) is -0.457. The molecule has 0 bridgehead atoms. The van der Waals surface area contributed by atoms with Crippen molar-refractivity contribution in [3.63, 3.8) is 0 Å². The Morgan fingerprint density at radius 2 is 2.03 bits per heavy atom. The second-order valence-electron chi connectivity index (χ2n) is 6.71. The minimum Gasteiger partial charge on any atom is -0.480 e. The molecule has 0 saturated heterocycles. The number of aliphatic hydroxyl groups is 1. The Balaban J connectivity index is 1.57. The molecule has 0 spiro atoms. The lowest BCUT2D eigenvalue weighted by Gasteiger charge is -2.13. The second-order valence-corrected chi connectivity index (χ2v) is 9.70. The zero-order valence-corrected chi connectivity index (χ0v) is 16.7. The molecule has 15 heteroatoms. The molecule has 1 aliphatic rings. The van der Waals surface area contributed by atoms with Crippen molar-refractivity contribution in [3.8, 4) is 10.6 Å². The van der Waals surface area contributed by atoms with Gasteiger partial charge < -0.3 is 19.3 Å². The Labute approximate surface area is 175 Å². The predicted molar refractivity (Wildman–Crippen MR) is 95.3 cm³/mol. The molecule has 3 N–H and O–H groups in total. The van der Waals surface area contributed by atoms with Crippen LogP contribution >= 0.6 is 11.3 Å². The molecular formula is C16H12F3N3O7S2. The molecule has 1 saturated carbocycles. The monoisotopic (exact) mass is 479 g/mol. The summed E-state index contributed by atoms with van der Waals surface area (Å²) in [4.78, 5) is 11.9. The fraction of sp³-hybridized carbons (Fsp3) is 0.312. The van der Waals surface area contributed by atoms with Crippen molar-refractivity contribution in [2.45, 2.75) is 34.9 Å². The molecule has 0 radical (unpaired) electrons. The van der Waals surface area contributed by atoms with E-state index in [-0.39, 0.29) is 32.7 Å². The van der Waals surface area contributed by atoms with E-state index in [1.54, 1.807) is 0 Å². The number of nitrogens with zero attached hydrogens (tertiary/aromatic N) is 2. The fourth-order valence-electron chi connectivity index (χ4n) is 3.00. The zero-order chi connectivity index (χ0) is 22.6. The largest absolute Gasteiger partial charge is 0.480 e. The van der Waals surface area contributed by atoms with Crippen molar-refractivity contribution in [1.29, 1.82) is 0 Å². The number of hydrogen-bond donors (Lipinski definition) is 3. The van der Waals surface area contributed by atoms with Crippen LogP contribution in [0.5, 0.6) is 0 Å². The first-order valence-electron chi connectivity index (χ1n) is 8.44. The van der Waals surface area contributed by atoms with Crippen LogP contribution in [0.25, 0.3) is 10.6 Å². The van der Waals surface area contributed by atoms with Gasteiger partial charge in [-0.25, -0.2) is 8.42 Å². The molecule has 0 amide bonds. The van der Waals surface area contributed by atoms with Gasteiger partial charge in [0.1, 0.15) is 22.0 Å². The summed E-state index contributed by atoms with van der Waals surface area (Å²) in [6.07, 6.45) is -4.85. The third-order valence-electron chi connectivity index (χ3n) is 4.64. The van der Waals surface area contributed by atoms with Crippen LogP contribution < -0.4 is 4.72 Å². The topological polar surface area (TPSA) is 156 Å². The predicted octanol–water partition coefficient (Wildman–Crippen LogP) is 2.19. The number of carbonyl (C=O) groups is 1. The van der Waals surface area contributed by atoms with Crippen molar-refractivity contribution in [1.82, 2.24) is 15.0 Å². The number of sulfonamides is 1. The van der Waals surface area contributed by atoms with Gasteiger partial charge >= 0.3 is 12.1 Å². The first-order valence-corrected chi connectivity index (χ1v) is 10.7. The highest BCUT2D eigenvalue weighted by Crippen LogP contribution is 2.52. The fourth-order valence-corrected chi connectivity index (χ4v) is 5.66. The summed E-state index contributed by atoms with van der Waals surface area (Å²) in [5, 5.41) is 25.6. The summed E-state index contributed by atoms with van der Waals surface area (Å²) >= 11 is 0.601. The number of halogens is 3. The van der Waals surface area contributed by atoms with E-state index in [4.69, 9.17) is 9.63 Å². The van der Waals surface area contributed by atoms with Gasteiger partial charge in [0.15, 0.2) is 5.76 Å². The molecule has 31 heavy (non-hydrogen) atoms. The maximum absolute atomic E-state index is 12.8. The van der Waals surface area contributed by atoms with E-state index in [0.29, 0.717) is 17.4 Å². The molecule has 3 aromatic rings. The quantitative estimate of drug-likeness (QED) is 0.462. The molecule has 166 valence electrons. The van der Waals surface area contributed by atoms with E-state index in [0.717, 1.165) is 6.07 Å². The molecular weight excluding hydrogens is 467 g/mol. The van der Waals surface area contributed by atoms with Gasteiger partial charge in [-0.3, -0.25) is 4.79 Å². The van der Waals surface area contributed by atoms with E-state index in [1.807, 2.05) is 0 Å². The highest BCUT2D eigenvalue weighted by Gasteiger charge is 2.64. The maximum atomic E-state index is 12.8. The second kappa shape index (κ2) is 7.15. The van der Waals surface area contributed by atoms with Gasteiger partial charge in [0.05, 0.1) is 10.6 Å². The number of aliphatic carboxylic acids is 1. The summed E-state index contributed by atoms with van der Waals surface area (Å²) in [7, 11) is -4.35. The molecule has 3 heterocycles. The van der Waals surface area contributed by atoms with Crippen LogP contribution in [-0.2, 0) is 27.6 Å². The third-order valence-corrected chi connectivity index (χ3v) is 7.75. The Hall–Kier alpha value is -2.75. The molecule has 10 nitrogen and oxygen atoms in total. The SMILES string of the molecule is O=C(O)[C@@]1(NS(=O)(=O)c2ccc(-c3cc(C(F)(F)F)on3)s2)C[C@@H]1c1cc(CO)on1. The zero-order valence-electron chi connectivity index (χ0n) is 15.1. The number of thiophene rings is 1. The van der Waals surface area contributed by atoms with Crippen LogP contribution in [0.2, 0.25) is 0 Å². The Bertz CT molecular complexity index is 1250. The number of aromatic nitrogens is 2. The van der Waals surface area contributed by atoms with Crippen molar-refractivity contribution < 1.29 is 45.6 Å². The first kappa shape index (κ1) is 21.5. The van der Waals surface area contributed by atoms with Crippen LogP contribution in [0.3, 0.4) is 0 Å². The van der Waals surface area contributed by atoms with Crippen molar-refractivity contribution in [2.75, 3.05) is 0 Å². The van der Waals surface area contributed by atoms with Crippen molar-refractivity contribution in [3.05, 3.63) is 41.5 Å². The number of rotatable bonds is 7. The van der Waals surface area contributed by atoms with Crippen LogP contribution in [-0.4, -0.2) is 40.5 Å². The number of nitrogens with one attached hydrogen (secondary N) is 1. The van der Waals surface area contributed by atoms with Gasteiger partial charge in [0, 0.05) is 18.1 Å².